The monoisotopic (exact) mass is 620 g/mol. The van der Waals surface area contributed by atoms with E-state index >= 15 is 0 Å². The molecule has 1 aliphatic carbocycles. The van der Waals surface area contributed by atoms with Crippen LogP contribution in [0.5, 0.6) is 11.6 Å². The Morgan fingerprint density at radius 1 is 1.02 bits per heavy atom. The minimum Gasteiger partial charge on any atom is -0.497 e. The van der Waals surface area contributed by atoms with Gasteiger partial charge in [0.05, 0.1) is 38.0 Å². The summed E-state index contributed by atoms with van der Waals surface area (Å²) in [7, 11) is 1.64. The molecule has 0 radical (unpaired) electrons. The molecule has 1 amide bonds. The topological polar surface area (TPSA) is 104 Å². The van der Waals surface area contributed by atoms with Crippen LogP contribution in [0.2, 0.25) is 0 Å². The first-order valence-electron chi connectivity index (χ1n) is 15.5. The summed E-state index contributed by atoms with van der Waals surface area (Å²) in [6, 6.07) is 16.5. The number of nitrogens with zero attached hydrogens (tertiary/aromatic N) is 5. The zero-order chi connectivity index (χ0) is 31.2. The molecule has 1 aliphatic heterocycles. The van der Waals surface area contributed by atoms with E-state index in [0.717, 1.165) is 43.4 Å². The SMILES string of the molecule is COc1ccc(CCNC(=O)C2CCC(COc3cc(-n4c(C(F)F)nc5ccccc54)nc(N4CCOCC4)n3)CC2)cc1. The number of hydrogen-bond donors (Lipinski definition) is 1. The Hall–Kier alpha value is -4.32. The summed E-state index contributed by atoms with van der Waals surface area (Å²) in [6.07, 6.45) is 1.25. The Labute approximate surface area is 260 Å². The Bertz CT molecular complexity index is 1580. The van der Waals surface area contributed by atoms with E-state index in [1.165, 1.54) is 4.57 Å². The lowest BCUT2D eigenvalue weighted by Gasteiger charge is -2.29. The van der Waals surface area contributed by atoms with Crippen LogP contribution in [0.15, 0.2) is 54.6 Å². The van der Waals surface area contributed by atoms with Crippen LogP contribution in [0.4, 0.5) is 14.7 Å². The summed E-state index contributed by atoms with van der Waals surface area (Å²) in [5.74, 6) is 1.77. The fourth-order valence-corrected chi connectivity index (χ4v) is 5.99. The lowest BCUT2D eigenvalue weighted by atomic mass is 9.82. The Morgan fingerprint density at radius 2 is 1.78 bits per heavy atom. The van der Waals surface area contributed by atoms with Gasteiger partial charge in [0, 0.05) is 31.6 Å². The number of halogens is 2. The molecule has 1 saturated heterocycles. The van der Waals surface area contributed by atoms with Crippen molar-refractivity contribution in [3.8, 4) is 17.4 Å². The molecule has 2 aromatic heterocycles. The first kappa shape index (κ1) is 30.7. The van der Waals surface area contributed by atoms with Gasteiger partial charge in [-0.15, -0.1) is 0 Å². The summed E-state index contributed by atoms with van der Waals surface area (Å²) < 4.78 is 46.6. The molecule has 2 aromatic carbocycles. The lowest BCUT2D eigenvalue weighted by Crippen LogP contribution is -2.37. The highest BCUT2D eigenvalue weighted by Gasteiger charge is 2.28. The highest BCUT2D eigenvalue weighted by atomic mass is 19.3. The first-order valence-corrected chi connectivity index (χ1v) is 15.5. The van der Waals surface area contributed by atoms with Crippen molar-refractivity contribution in [1.29, 1.82) is 0 Å². The molecule has 12 heteroatoms. The molecular formula is C33H38F2N6O4. The van der Waals surface area contributed by atoms with Gasteiger partial charge in [-0.2, -0.15) is 9.97 Å². The zero-order valence-corrected chi connectivity index (χ0v) is 25.3. The number of alkyl halides is 2. The molecule has 0 bridgehead atoms. The number of para-hydroxylation sites is 2. The molecule has 1 saturated carbocycles. The fraction of sp³-hybridized carbons (Fsp3) is 0.455. The second-order valence-electron chi connectivity index (χ2n) is 11.5. The Morgan fingerprint density at radius 3 is 2.51 bits per heavy atom. The second-order valence-corrected chi connectivity index (χ2v) is 11.5. The number of carbonyl (C=O) groups excluding carboxylic acids is 1. The molecule has 1 N–H and O–H groups in total. The molecular weight excluding hydrogens is 582 g/mol. The van der Waals surface area contributed by atoms with E-state index in [9.17, 15) is 13.6 Å². The van der Waals surface area contributed by atoms with Crippen LogP contribution in [0.3, 0.4) is 0 Å². The summed E-state index contributed by atoms with van der Waals surface area (Å²) in [5.41, 5.74) is 2.14. The average Bonchev–Trinajstić information content (AvgIpc) is 3.48. The normalized spacial score (nSPS) is 18.7. The predicted octanol–water partition coefficient (Wildman–Crippen LogP) is 5.14. The van der Waals surface area contributed by atoms with Crippen molar-refractivity contribution < 1.29 is 27.8 Å². The highest BCUT2D eigenvalue weighted by molar-refractivity contribution is 5.79. The third kappa shape index (κ3) is 7.33. The molecule has 0 atom stereocenters. The lowest BCUT2D eigenvalue weighted by molar-refractivity contribution is -0.126. The standard InChI is InChI=1S/C33H38F2N6O4/c1-43-25-12-8-22(9-13-25)14-15-36-32(42)24-10-6-23(7-11-24)21-45-29-20-28(38-33(39-29)40-16-18-44-19-17-40)41-27-5-3-2-4-26(27)37-31(41)30(34)35/h2-5,8-9,12-13,20,23-24,30H,6-7,10-11,14-19,21H2,1H3,(H,36,42). The maximum atomic E-state index is 14.1. The smallest absolute Gasteiger partial charge is 0.296 e. The third-order valence-electron chi connectivity index (χ3n) is 8.54. The summed E-state index contributed by atoms with van der Waals surface area (Å²) in [4.78, 5) is 28.3. The number of hydrogen-bond acceptors (Lipinski definition) is 8. The highest BCUT2D eigenvalue weighted by Crippen LogP contribution is 2.32. The number of fused-ring (bicyclic) bond motifs is 1. The van der Waals surface area contributed by atoms with Crippen LogP contribution in [0.25, 0.3) is 16.9 Å². The number of morpholine rings is 1. The van der Waals surface area contributed by atoms with Gasteiger partial charge in [0.2, 0.25) is 17.7 Å². The Kier molecular flexibility index (Phi) is 9.68. The molecule has 3 heterocycles. The van der Waals surface area contributed by atoms with Crippen LogP contribution in [0, 0.1) is 11.8 Å². The average molecular weight is 621 g/mol. The van der Waals surface area contributed by atoms with Gasteiger partial charge in [0.1, 0.15) is 11.6 Å². The van der Waals surface area contributed by atoms with Crippen LogP contribution < -0.4 is 19.7 Å². The minimum atomic E-state index is -2.79. The third-order valence-corrected chi connectivity index (χ3v) is 8.54. The number of imidazole rings is 1. The molecule has 2 aliphatic rings. The molecule has 238 valence electrons. The summed E-state index contributed by atoms with van der Waals surface area (Å²) in [6.45, 7) is 3.23. The zero-order valence-electron chi connectivity index (χ0n) is 25.3. The van der Waals surface area contributed by atoms with E-state index in [2.05, 4.69) is 20.3 Å². The van der Waals surface area contributed by atoms with Gasteiger partial charge in [-0.25, -0.2) is 13.8 Å². The van der Waals surface area contributed by atoms with Gasteiger partial charge in [-0.05, 0) is 67.9 Å². The van der Waals surface area contributed by atoms with Crippen molar-refractivity contribution in [2.45, 2.75) is 38.5 Å². The van der Waals surface area contributed by atoms with Crippen LogP contribution in [-0.4, -0.2) is 72.0 Å². The number of ether oxygens (including phenoxy) is 3. The van der Waals surface area contributed by atoms with E-state index in [-0.39, 0.29) is 29.4 Å². The first-order chi connectivity index (χ1) is 22.0. The quantitative estimate of drug-likeness (QED) is 0.246. The molecule has 2 fully saturated rings. The van der Waals surface area contributed by atoms with Gasteiger partial charge in [0.15, 0.2) is 5.82 Å². The largest absolute Gasteiger partial charge is 0.497 e. The number of aromatic nitrogens is 4. The van der Waals surface area contributed by atoms with Crippen LogP contribution >= 0.6 is 0 Å². The molecule has 0 spiro atoms. The predicted molar refractivity (Wildman–Crippen MR) is 165 cm³/mol. The van der Waals surface area contributed by atoms with E-state index in [1.807, 2.05) is 29.2 Å². The van der Waals surface area contributed by atoms with Gasteiger partial charge in [-0.1, -0.05) is 24.3 Å². The van der Waals surface area contributed by atoms with E-state index in [1.54, 1.807) is 37.4 Å². The number of amides is 1. The maximum Gasteiger partial charge on any atom is 0.296 e. The van der Waals surface area contributed by atoms with Gasteiger partial charge in [0.25, 0.3) is 6.43 Å². The summed E-state index contributed by atoms with van der Waals surface area (Å²) >= 11 is 0. The fourth-order valence-electron chi connectivity index (χ4n) is 5.99. The molecule has 0 unspecified atom stereocenters. The van der Waals surface area contributed by atoms with Crippen LogP contribution in [0.1, 0.15) is 43.5 Å². The van der Waals surface area contributed by atoms with Crippen molar-refractivity contribution in [3.05, 3.63) is 66.0 Å². The van der Waals surface area contributed by atoms with Crippen molar-refractivity contribution in [2.75, 3.05) is 51.5 Å². The van der Waals surface area contributed by atoms with E-state index < -0.39 is 6.43 Å². The minimum absolute atomic E-state index is 0.0158. The van der Waals surface area contributed by atoms with E-state index in [4.69, 9.17) is 14.2 Å². The second kappa shape index (κ2) is 14.2. The molecule has 10 nitrogen and oxygen atoms in total. The number of nitrogens with one attached hydrogen (secondary N) is 1. The number of anilines is 1. The number of methoxy groups -OCH3 is 1. The van der Waals surface area contributed by atoms with Gasteiger partial charge >= 0.3 is 0 Å². The van der Waals surface area contributed by atoms with Gasteiger partial charge < -0.3 is 24.4 Å². The summed E-state index contributed by atoms with van der Waals surface area (Å²) in [5, 5.41) is 3.09. The molecule has 6 rings (SSSR count). The number of benzene rings is 2. The molecule has 45 heavy (non-hydrogen) atoms. The van der Waals surface area contributed by atoms with Crippen molar-refractivity contribution >= 4 is 22.9 Å². The Balaban J connectivity index is 1.09. The number of carbonyl (C=O) groups is 1. The van der Waals surface area contributed by atoms with E-state index in [0.29, 0.717) is 62.3 Å². The number of rotatable bonds is 11. The maximum absolute atomic E-state index is 14.1. The van der Waals surface area contributed by atoms with Crippen molar-refractivity contribution in [3.63, 3.8) is 0 Å². The van der Waals surface area contributed by atoms with Gasteiger partial charge in [-0.3, -0.25) is 9.36 Å². The molecule has 4 aromatic rings. The van der Waals surface area contributed by atoms with Crippen molar-refractivity contribution in [2.24, 2.45) is 11.8 Å². The van der Waals surface area contributed by atoms with Crippen LogP contribution in [-0.2, 0) is 16.0 Å². The van der Waals surface area contributed by atoms with Crippen molar-refractivity contribution in [1.82, 2.24) is 24.8 Å².